The maximum atomic E-state index is 12.9. The van der Waals surface area contributed by atoms with Gasteiger partial charge in [0.1, 0.15) is 19.8 Å². The van der Waals surface area contributed by atoms with E-state index < -0.39 is 26.5 Å². The summed E-state index contributed by atoms with van der Waals surface area (Å²) in [5.41, 5.74) is 0. The maximum absolute atomic E-state index is 12.9. The molecule has 10 heteroatoms. The third kappa shape index (κ3) is 65.6. The monoisotopic (exact) mass is 1150 g/mol. The first-order valence-corrected chi connectivity index (χ1v) is 36.6. The molecular weight excluding hydrogens is 1010 g/mol. The Morgan fingerprint density at radius 2 is 0.675 bits per heavy atom. The van der Waals surface area contributed by atoms with Crippen LogP contribution < -0.4 is 0 Å². The maximum Gasteiger partial charge on any atom is 0.472 e. The number of carbonyl (C=O) groups is 2. The largest absolute Gasteiger partial charge is 0.472 e. The number of unbranched alkanes of at least 4 members (excludes halogenated alkanes) is 48. The van der Waals surface area contributed by atoms with Gasteiger partial charge in [0.15, 0.2) is 6.10 Å². The van der Waals surface area contributed by atoms with Crippen molar-refractivity contribution in [2.75, 3.05) is 47.5 Å². The van der Waals surface area contributed by atoms with Crippen molar-refractivity contribution in [1.29, 1.82) is 0 Å². The number of nitrogens with zero attached hydrogens (tertiary/aromatic N) is 1. The molecule has 0 spiro atoms. The van der Waals surface area contributed by atoms with Crippen molar-refractivity contribution in [3.8, 4) is 0 Å². The Hall–Kier alpha value is -1.51. The Kier molecular flexibility index (Phi) is 60.9. The van der Waals surface area contributed by atoms with E-state index in [2.05, 4.69) is 38.2 Å². The van der Waals surface area contributed by atoms with E-state index in [1.807, 2.05) is 21.1 Å². The first-order valence-electron chi connectivity index (χ1n) is 35.1. The number of ether oxygens (including phenoxy) is 2. The van der Waals surface area contributed by atoms with Gasteiger partial charge in [-0.2, -0.15) is 0 Å². The summed E-state index contributed by atoms with van der Waals surface area (Å²) in [4.78, 5) is 35.8. The Labute approximate surface area is 498 Å². The molecule has 80 heavy (non-hydrogen) atoms. The molecule has 0 heterocycles. The highest BCUT2D eigenvalue weighted by molar-refractivity contribution is 7.47. The van der Waals surface area contributed by atoms with Crippen LogP contribution in [0.4, 0.5) is 0 Å². The number of esters is 2. The number of phosphoric ester groups is 1. The Bertz CT molecular complexity index is 1400. The molecule has 0 aromatic carbocycles. The number of carbonyl (C=O) groups excluding carboxylic acids is 2. The van der Waals surface area contributed by atoms with Crippen LogP contribution in [0.25, 0.3) is 0 Å². The average molecular weight is 1150 g/mol. The molecule has 0 fully saturated rings. The van der Waals surface area contributed by atoms with Crippen LogP contribution in [0.2, 0.25) is 0 Å². The lowest BCUT2D eigenvalue weighted by Gasteiger charge is -2.24. The smallest absolute Gasteiger partial charge is 0.462 e. The first kappa shape index (κ1) is 78.5. The van der Waals surface area contributed by atoms with Gasteiger partial charge < -0.3 is 18.9 Å². The number of hydrogen-bond acceptors (Lipinski definition) is 7. The van der Waals surface area contributed by atoms with Crippen molar-refractivity contribution in [2.45, 2.75) is 367 Å². The molecule has 0 saturated carbocycles. The van der Waals surface area contributed by atoms with Gasteiger partial charge in [0, 0.05) is 12.8 Å². The van der Waals surface area contributed by atoms with Crippen molar-refractivity contribution in [2.24, 2.45) is 0 Å². The van der Waals surface area contributed by atoms with Crippen LogP contribution in [-0.2, 0) is 32.7 Å². The molecule has 0 aliphatic heterocycles. The van der Waals surface area contributed by atoms with Gasteiger partial charge >= 0.3 is 19.8 Å². The second kappa shape index (κ2) is 62.0. The van der Waals surface area contributed by atoms with Crippen LogP contribution in [0.5, 0.6) is 0 Å². The number of quaternary nitrogens is 1. The highest BCUT2D eigenvalue weighted by Gasteiger charge is 2.27. The zero-order valence-electron chi connectivity index (χ0n) is 54.1. The van der Waals surface area contributed by atoms with Crippen LogP contribution in [0.3, 0.4) is 0 Å². The Balaban J connectivity index is 3.97. The van der Waals surface area contributed by atoms with Gasteiger partial charge in [0.25, 0.3) is 0 Å². The van der Waals surface area contributed by atoms with Gasteiger partial charge in [0.05, 0.1) is 27.7 Å². The summed E-state index contributed by atoms with van der Waals surface area (Å²) < 4.78 is 34.7. The molecule has 1 N–H and O–H groups in total. The van der Waals surface area contributed by atoms with E-state index in [1.165, 1.54) is 289 Å². The second-order valence-corrected chi connectivity index (χ2v) is 26.7. The van der Waals surface area contributed by atoms with Crippen molar-refractivity contribution < 1.29 is 42.1 Å². The molecule has 0 radical (unpaired) electrons. The molecule has 0 amide bonds. The standard InChI is InChI=1S/C70H136NO8P/c1-6-8-10-12-14-16-18-20-22-24-26-28-30-31-32-33-34-35-36-37-38-39-41-43-45-47-49-51-53-55-57-59-61-63-70(73)79-68(67-78-80(74,75)77-65-64-71(3,4)5)66-76-69(72)62-60-58-56-54-52-50-48-46-44-42-40-29-27-25-23-21-19-17-15-13-11-9-7-2/h18,20,24,26,68H,6-17,19,21-23,25,27-67H2,1-5H3/p+1/b20-18-,26-24-. The predicted molar refractivity (Wildman–Crippen MR) is 344 cm³/mol. The molecule has 0 aliphatic carbocycles. The number of hydrogen-bond donors (Lipinski definition) is 1. The molecule has 0 aromatic rings. The zero-order chi connectivity index (χ0) is 58.4. The fourth-order valence-electron chi connectivity index (χ4n) is 10.6. The molecule has 0 saturated heterocycles. The van der Waals surface area contributed by atoms with Crippen molar-refractivity contribution in [3.05, 3.63) is 24.3 Å². The second-order valence-electron chi connectivity index (χ2n) is 25.3. The fourth-order valence-corrected chi connectivity index (χ4v) is 11.3. The number of rotatable bonds is 66. The summed E-state index contributed by atoms with van der Waals surface area (Å²) >= 11 is 0. The lowest BCUT2D eigenvalue weighted by atomic mass is 10.0. The van der Waals surface area contributed by atoms with Crippen LogP contribution in [0.1, 0.15) is 361 Å². The van der Waals surface area contributed by atoms with Gasteiger partial charge in [0.2, 0.25) is 0 Å². The first-order chi connectivity index (χ1) is 39.0. The minimum absolute atomic E-state index is 0.0360. The molecular formula is C70H137NO8P+. The highest BCUT2D eigenvalue weighted by atomic mass is 31.2. The van der Waals surface area contributed by atoms with E-state index in [0.717, 1.165) is 38.5 Å². The van der Waals surface area contributed by atoms with Crippen LogP contribution in [0.15, 0.2) is 24.3 Å². The van der Waals surface area contributed by atoms with Crippen molar-refractivity contribution >= 4 is 19.8 Å². The molecule has 9 nitrogen and oxygen atoms in total. The highest BCUT2D eigenvalue weighted by Crippen LogP contribution is 2.43. The van der Waals surface area contributed by atoms with E-state index in [1.54, 1.807) is 0 Å². The van der Waals surface area contributed by atoms with E-state index in [9.17, 15) is 19.0 Å². The molecule has 0 bridgehead atoms. The molecule has 2 atom stereocenters. The number of phosphoric acid groups is 1. The summed E-state index contributed by atoms with van der Waals surface area (Å²) in [6.45, 7) is 4.50. The Morgan fingerprint density at radius 3 is 0.988 bits per heavy atom. The third-order valence-electron chi connectivity index (χ3n) is 16.0. The minimum Gasteiger partial charge on any atom is -0.462 e. The zero-order valence-corrected chi connectivity index (χ0v) is 55.0. The lowest BCUT2D eigenvalue weighted by molar-refractivity contribution is -0.870. The van der Waals surface area contributed by atoms with Crippen molar-refractivity contribution in [1.82, 2.24) is 0 Å². The van der Waals surface area contributed by atoms with E-state index >= 15 is 0 Å². The van der Waals surface area contributed by atoms with E-state index in [0.29, 0.717) is 23.9 Å². The molecule has 474 valence electrons. The van der Waals surface area contributed by atoms with Crippen LogP contribution in [-0.4, -0.2) is 74.9 Å². The summed E-state index contributed by atoms with van der Waals surface area (Å²) in [6.07, 6.45) is 77.2. The summed E-state index contributed by atoms with van der Waals surface area (Å²) in [5.74, 6) is -0.772. The average Bonchev–Trinajstić information content (AvgIpc) is 3.42. The molecule has 0 aliphatic rings. The van der Waals surface area contributed by atoms with Gasteiger partial charge in [-0.1, -0.05) is 327 Å². The molecule has 2 unspecified atom stereocenters. The van der Waals surface area contributed by atoms with Gasteiger partial charge in [-0.05, 0) is 44.9 Å². The minimum atomic E-state index is -4.39. The fraction of sp³-hybridized carbons (Fsp3) is 0.914. The topological polar surface area (TPSA) is 108 Å². The van der Waals surface area contributed by atoms with E-state index in [-0.39, 0.29) is 25.6 Å². The predicted octanol–water partition coefficient (Wildman–Crippen LogP) is 22.5. The SMILES string of the molecule is CCCCCCC/C=C\C/C=C\CCCCCCCCCCCCCCCCCCCCCCCC(=O)OC(COC(=O)CCCCCCCCCCCCCCCCCCCCCCCCC)COP(=O)(O)OCC[N+](C)(C)C. The lowest BCUT2D eigenvalue weighted by Crippen LogP contribution is -2.37. The quantitative estimate of drug-likeness (QED) is 0.0211. The Morgan fingerprint density at radius 1 is 0.388 bits per heavy atom. The number of likely N-dealkylation sites (N-methyl/N-ethyl adjacent to an activating group) is 1. The van der Waals surface area contributed by atoms with Crippen LogP contribution >= 0.6 is 7.82 Å². The van der Waals surface area contributed by atoms with Gasteiger partial charge in [-0.15, -0.1) is 0 Å². The summed E-state index contributed by atoms with van der Waals surface area (Å²) in [5, 5.41) is 0. The van der Waals surface area contributed by atoms with Crippen molar-refractivity contribution in [3.63, 3.8) is 0 Å². The summed E-state index contributed by atoms with van der Waals surface area (Å²) in [6, 6.07) is 0. The molecule has 0 aromatic heterocycles. The number of allylic oxidation sites excluding steroid dienone is 4. The normalized spacial score (nSPS) is 13.2. The van der Waals surface area contributed by atoms with Gasteiger partial charge in [-0.3, -0.25) is 18.6 Å². The molecule has 0 rings (SSSR count). The van der Waals surface area contributed by atoms with E-state index in [4.69, 9.17) is 18.5 Å². The van der Waals surface area contributed by atoms with Gasteiger partial charge in [-0.25, -0.2) is 4.57 Å². The third-order valence-corrected chi connectivity index (χ3v) is 17.0. The van der Waals surface area contributed by atoms with Crippen LogP contribution in [0, 0.1) is 0 Å². The summed E-state index contributed by atoms with van der Waals surface area (Å²) in [7, 11) is 1.50.